The number of rotatable bonds is 3. The third-order valence-corrected chi connectivity index (χ3v) is 4.65. The normalized spacial score (nSPS) is 12.7. The number of nitrogens with one attached hydrogen (secondary N) is 1. The van der Waals surface area contributed by atoms with Gasteiger partial charge in [-0.05, 0) is 39.5 Å². The Bertz CT molecular complexity index is 576. The summed E-state index contributed by atoms with van der Waals surface area (Å²) in [6, 6.07) is 3.17. The van der Waals surface area contributed by atoms with Crippen LogP contribution in [0.4, 0.5) is 8.78 Å². The Balaban J connectivity index is 2.52. The van der Waals surface area contributed by atoms with E-state index in [0.29, 0.717) is 0 Å². The predicted molar refractivity (Wildman–Crippen MR) is 72.6 cm³/mol. The number of nitrogens with two attached hydrogens (primary N) is 1. The molecule has 0 aliphatic carbocycles. The fourth-order valence-corrected chi connectivity index (χ4v) is 3.41. The van der Waals surface area contributed by atoms with Gasteiger partial charge >= 0.3 is 0 Å². The first-order valence-electron chi connectivity index (χ1n) is 4.88. The maximum Gasteiger partial charge on any atom is 0.142 e. The van der Waals surface area contributed by atoms with Crippen LogP contribution in [0.25, 0.3) is 0 Å². The zero-order valence-electron chi connectivity index (χ0n) is 8.88. The second kappa shape index (κ2) is 5.63. The zero-order valence-corrected chi connectivity index (χ0v) is 12.0. The minimum atomic E-state index is -0.680. The lowest BCUT2D eigenvalue weighted by Gasteiger charge is -2.16. The van der Waals surface area contributed by atoms with Crippen molar-refractivity contribution in [3.8, 4) is 0 Å². The van der Waals surface area contributed by atoms with E-state index in [1.165, 1.54) is 11.3 Å². The van der Waals surface area contributed by atoms with Crippen LogP contribution in [0.2, 0.25) is 5.02 Å². The molecule has 0 spiro atoms. The summed E-state index contributed by atoms with van der Waals surface area (Å²) in [5, 5.41) is 1.57. The van der Waals surface area contributed by atoms with Gasteiger partial charge in [0.05, 0.1) is 11.1 Å². The molecule has 3 N–H and O–H groups in total. The van der Waals surface area contributed by atoms with Gasteiger partial charge in [0.25, 0.3) is 0 Å². The van der Waals surface area contributed by atoms with Gasteiger partial charge in [-0.2, -0.15) is 0 Å². The van der Waals surface area contributed by atoms with Crippen LogP contribution in [0, 0.1) is 11.6 Å². The van der Waals surface area contributed by atoms with E-state index in [-0.39, 0.29) is 10.6 Å². The van der Waals surface area contributed by atoms with E-state index in [1.54, 1.807) is 0 Å². The Labute approximate surface area is 120 Å². The second-order valence-electron chi connectivity index (χ2n) is 3.52. The van der Waals surface area contributed by atoms with E-state index < -0.39 is 17.7 Å². The first kappa shape index (κ1) is 13.9. The molecule has 0 fully saturated rings. The van der Waals surface area contributed by atoms with Gasteiger partial charge in [-0.25, -0.2) is 14.2 Å². The predicted octanol–water partition coefficient (Wildman–Crippen LogP) is 3.99. The smallest absolute Gasteiger partial charge is 0.142 e. The van der Waals surface area contributed by atoms with Crippen LogP contribution < -0.4 is 11.3 Å². The van der Waals surface area contributed by atoms with E-state index in [2.05, 4.69) is 21.4 Å². The van der Waals surface area contributed by atoms with Crippen molar-refractivity contribution < 1.29 is 8.78 Å². The fraction of sp³-hybridized carbons (Fsp3) is 0.0909. The van der Waals surface area contributed by atoms with Crippen LogP contribution in [0.1, 0.15) is 16.5 Å². The summed E-state index contributed by atoms with van der Waals surface area (Å²) in [4.78, 5) is 0.762. The van der Waals surface area contributed by atoms with Crippen molar-refractivity contribution in [1.82, 2.24) is 5.43 Å². The van der Waals surface area contributed by atoms with Gasteiger partial charge in [-0.3, -0.25) is 5.84 Å². The molecule has 2 aromatic rings. The molecule has 1 heterocycles. The Kier molecular flexibility index (Phi) is 4.34. The molecule has 96 valence electrons. The van der Waals surface area contributed by atoms with Crippen molar-refractivity contribution in [3.63, 3.8) is 0 Å². The maximum atomic E-state index is 13.8. The number of hydrazine groups is 1. The standard InChI is InChI=1S/C11H8BrClF2N2S/c12-6-1-2-18-11(6)10(17-16)5-3-9(15)7(13)4-8(5)14/h1-4,10,17H,16H2. The quantitative estimate of drug-likeness (QED) is 0.497. The van der Waals surface area contributed by atoms with E-state index >= 15 is 0 Å². The van der Waals surface area contributed by atoms with Gasteiger partial charge < -0.3 is 0 Å². The highest BCUT2D eigenvalue weighted by Crippen LogP contribution is 2.34. The highest BCUT2D eigenvalue weighted by molar-refractivity contribution is 9.10. The van der Waals surface area contributed by atoms with E-state index in [9.17, 15) is 8.78 Å². The molecule has 18 heavy (non-hydrogen) atoms. The molecule has 1 unspecified atom stereocenters. The first-order chi connectivity index (χ1) is 8.54. The monoisotopic (exact) mass is 352 g/mol. The highest BCUT2D eigenvalue weighted by atomic mass is 79.9. The summed E-state index contributed by atoms with van der Waals surface area (Å²) >= 11 is 10.2. The van der Waals surface area contributed by atoms with Crippen molar-refractivity contribution in [3.05, 3.63) is 55.1 Å². The van der Waals surface area contributed by atoms with Crippen LogP contribution in [0.3, 0.4) is 0 Å². The van der Waals surface area contributed by atoms with Crippen molar-refractivity contribution in [2.75, 3.05) is 0 Å². The van der Waals surface area contributed by atoms with Crippen molar-refractivity contribution in [2.24, 2.45) is 5.84 Å². The Hall–Kier alpha value is -0.530. The summed E-state index contributed by atoms with van der Waals surface area (Å²) in [5.74, 6) is 4.15. The third-order valence-electron chi connectivity index (χ3n) is 2.42. The topological polar surface area (TPSA) is 38.0 Å². The van der Waals surface area contributed by atoms with Gasteiger partial charge in [0.1, 0.15) is 11.6 Å². The molecule has 0 bridgehead atoms. The zero-order chi connectivity index (χ0) is 13.3. The van der Waals surface area contributed by atoms with Crippen molar-refractivity contribution in [1.29, 1.82) is 0 Å². The maximum absolute atomic E-state index is 13.8. The van der Waals surface area contributed by atoms with Crippen LogP contribution in [-0.4, -0.2) is 0 Å². The van der Waals surface area contributed by atoms with Crippen LogP contribution >= 0.6 is 38.9 Å². The van der Waals surface area contributed by atoms with Gasteiger partial charge in [-0.15, -0.1) is 11.3 Å². The average Bonchev–Trinajstić information content (AvgIpc) is 2.73. The lowest BCUT2D eigenvalue weighted by molar-refractivity contribution is 0.548. The van der Waals surface area contributed by atoms with Gasteiger partial charge in [0.15, 0.2) is 0 Å². The molecular weight excluding hydrogens is 346 g/mol. The Morgan fingerprint density at radius 3 is 2.61 bits per heavy atom. The Morgan fingerprint density at radius 1 is 1.33 bits per heavy atom. The van der Waals surface area contributed by atoms with Crippen LogP contribution in [-0.2, 0) is 0 Å². The summed E-state index contributed by atoms with van der Waals surface area (Å²) in [7, 11) is 0. The van der Waals surface area contributed by atoms with Gasteiger partial charge in [0, 0.05) is 14.9 Å². The molecule has 0 saturated heterocycles. The van der Waals surface area contributed by atoms with Crippen LogP contribution in [0.5, 0.6) is 0 Å². The highest BCUT2D eigenvalue weighted by Gasteiger charge is 2.22. The Morgan fingerprint density at radius 2 is 2.06 bits per heavy atom. The van der Waals surface area contributed by atoms with Gasteiger partial charge in [0.2, 0.25) is 0 Å². The third kappa shape index (κ3) is 2.57. The number of benzene rings is 1. The van der Waals surface area contributed by atoms with E-state index in [0.717, 1.165) is 21.5 Å². The molecule has 1 aromatic carbocycles. The lowest BCUT2D eigenvalue weighted by Crippen LogP contribution is -2.29. The van der Waals surface area contributed by atoms with Gasteiger partial charge in [-0.1, -0.05) is 11.6 Å². The second-order valence-corrected chi connectivity index (χ2v) is 5.73. The lowest BCUT2D eigenvalue weighted by atomic mass is 10.1. The molecule has 1 aromatic heterocycles. The number of halogens is 4. The summed E-state index contributed by atoms with van der Waals surface area (Å²) in [5.41, 5.74) is 2.59. The minimum absolute atomic E-state index is 0.113. The number of hydrogen-bond donors (Lipinski definition) is 2. The molecule has 7 heteroatoms. The molecule has 0 amide bonds. The largest absolute Gasteiger partial charge is 0.271 e. The van der Waals surface area contributed by atoms with Crippen molar-refractivity contribution >= 4 is 38.9 Å². The van der Waals surface area contributed by atoms with E-state index in [1.807, 2.05) is 11.4 Å². The summed E-state index contributed by atoms with van der Waals surface area (Å²) < 4.78 is 28.0. The molecule has 0 radical (unpaired) electrons. The first-order valence-corrected chi connectivity index (χ1v) is 6.93. The van der Waals surface area contributed by atoms with Crippen molar-refractivity contribution in [2.45, 2.75) is 6.04 Å². The summed E-state index contributed by atoms with van der Waals surface area (Å²) in [6.07, 6.45) is 0. The molecule has 0 aliphatic rings. The minimum Gasteiger partial charge on any atom is -0.271 e. The molecule has 0 aliphatic heterocycles. The van der Waals surface area contributed by atoms with Crippen LogP contribution in [0.15, 0.2) is 28.1 Å². The van der Waals surface area contributed by atoms with E-state index in [4.69, 9.17) is 17.4 Å². The number of thiophene rings is 1. The fourth-order valence-electron chi connectivity index (χ4n) is 1.58. The number of hydrogen-bond acceptors (Lipinski definition) is 3. The molecular formula is C11H8BrClF2N2S. The average molecular weight is 354 g/mol. The SMILES string of the molecule is NNC(c1cc(F)c(Cl)cc1F)c1sccc1Br. The molecule has 1 atom stereocenters. The molecule has 0 saturated carbocycles. The molecule has 2 nitrogen and oxygen atoms in total. The molecule has 2 rings (SSSR count). The summed E-state index contributed by atoms with van der Waals surface area (Å²) in [6.45, 7) is 0.